The van der Waals surface area contributed by atoms with Crippen molar-refractivity contribution in [3.63, 3.8) is 0 Å². The van der Waals surface area contributed by atoms with E-state index in [1.807, 2.05) is 0 Å². The molecule has 8 heteroatoms. The molecule has 1 saturated heterocycles. The molecular weight excluding hydrogens is 300 g/mol. The molecule has 0 radical (unpaired) electrons. The molecule has 0 aliphatic carbocycles. The summed E-state index contributed by atoms with van der Waals surface area (Å²) in [7, 11) is 3.10. The van der Waals surface area contributed by atoms with E-state index in [0.29, 0.717) is 6.61 Å². The minimum absolute atomic E-state index is 0.0458. The van der Waals surface area contributed by atoms with Gasteiger partial charge in [-0.05, 0) is 6.92 Å². The van der Waals surface area contributed by atoms with Crippen LogP contribution in [-0.2, 0) is 33.3 Å². The number of rotatable bonds is 9. The van der Waals surface area contributed by atoms with Crippen molar-refractivity contribution in [1.29, 1.82) is 0 Å². The second-order valence-electron chi connectivity index (χ2n) is 4.69. The molecule has 0 aromatic carbocycles. The van der Waals surface area contributed by atoms with Crippen LogP contribution in [0.4, 0.5) is 0 Å². The average Bonchev–Trinajstić information content (AvgIpc) is 2.72. The van der Waals surface area contributed by atoms with Crippen LogP contribution in [0.25, 0.3) is 0 Å². The van der Waals surface area contributed by atoms with Crippen molar-refractivity contribution in [2.45, 2.75) is 43.5 Å². The van der Waals surface area contributed by atoms with Gasteiger partial charge in [0, 0.05) is 20.6 Å². The number of ketones is 1. The van der Waals surface area contributed by atoms with Crippen LogP contribution in [0.15, 0.2) is 0 Å². The number of Topliss-reactive ketones (excluding diaryl/α,β-unsaturated/α-hetero) is 1. The van der Waals surface area contributed by atoms with Crippen molar-refractivity contribution in [3.05, 3.63) is 0 Å². The lowest BCUT2D eigenvalue weighted by Gasteiger charge is -2.21. The highest BCUT2D eigenvalue weighted by Crippen LogP contribution is 2.28. The first-order valence-corrected chi connectivity index (χ1v) is 7.13. The third kappa shape index (κ3) is 5.91. The zero-order valence-electron chi connectivity index (χ0n) is 12.4. The van der Waals surface area contributed by atoms with E-state index in [1.165, 1.54) is 14.0 Å². The van der Waals surface area contributed by atoms with Crippen molar-refractivity contribution in [3.8, 4) is 0 Å². The van der Waals surface area contributed by atoms with E-state index in [4.69, 9.17) is 23.7 Å². The number of hydrogen-bond donors (Lipinski definition) is 1. The van der Waals surface area contributed by atoms with Crippen LogP contribution in [0.3, 0.4) is 0 Å². The van der Waals surface area contributed by atoms with Gasteiger partial charge in [-0.1, -0.05) is 0 Å². The number of esters is 1. The Morgan fingerprint density at radius 1 is 1.19 bits per heavy atom. The van der Waals surface area contributed by atoms with Crippen molar-refractivity contribution in [2.24, 2.45) is 0 Å². The predicted octanol–water partition coefficient (Wildman–Crippen LogP) is 0.558. The Bertz CT molecular complexity index is 349. The van der Waals surface area contributed by atoms with Gasteiger partial charge in [-0.2, -0.15) is 0 Å². The molecule has 1 aliphatic rings. The quantitative estimate of drug-likeness (QED) is 0.377. The van der Waals surface area contributed by atoms with Gasteiger partial charge in [0.15, 0.2) is 6.79 Å². The fourth-order valence-corrected chi connectivity index (χ4v) is 2.41. The summed E-state index contributed by atoms with van der Waals surface area (Å²) in [6.45, 7) is 1.54. The minimum atomic E-state index is -0.494. The molecule has 1 aliphatic heterocycles. The summed E-state index contributed by atoms with van der Waals surface area (Å²) in [6, 6.07) is 0. The Morgan fingerprint density at radius 2 is 1.90 bits per heavy atom. The first-order valence-electron chi connectivity index (χ1n) is 6.61. The highest BCUT2D eigenvalue weighted by molar-refractivity contribution is 7.80. The highest BCUT2D eigenvalue weighted by Gasteiger charge is 2.44. The van der Waals surface area contributed by atoms with Crippen molar-refractivity contribution < 1.29 is 33.3 Å². The normalized spacial score (nSPS) is 28.6. The van der Waals surface area contributed by atoms with Gasteiger partial charge in [0.2, 0.25) is 0 Å². The molecule has 0 aromatic heterocycles. The van der Waals surface area contributed by atoms with Gasteiger partial charge >= 0.3 is 5.97 Å². The second-order valence-corrected chi connectivity index (χ2v) is 5.20. The fraction of sp³-hybridized carbons (Fsp3) is 0.846. The summed E-state index contributed by atoms with van der Waals surface area (Å²) in [5.41, 5.74) is -0.494. The summed E-state index contributed by atoms with van der Waals surface area (Å²) in [4.78, 5) is 22.1. The van der Waals surface area contributed by atoms with Gasteiger partial charge in [0.25, 0.3) is 0 Å². The molecule has 0 spiro atoms. The van der Waals surface area contributed by atoms with E-state index in [9.17, 15) is 9.59 Å². The predicted molar refractivity (Wildman–Crippen MR) is 76.1 cm³/mol. The zero-order valence-corrected chi connectivity index (χ0v) is 13.3. The van der Waals surface area contributed by atoms with Gasteiger partial charge < -0.3 is 28.5 Å². The molecule has 0 amide bonds. The van der Waals surface area contributed by atoms with Gasteiger partial charge in [-0.3, -0.25) is 4.79 Å². The lowest BCUT2D eigenvalue weighted by atomic mass is 10.1. The maximum atomic E-state index is 11.4. The smallest absolute Gasteiger partial charge is 0.308 e. The lowest BCUT2D eigenvalue weighted by Crippen LogP contribution is -2.38. The number of methoxy groups -OCH3 is 2. The summed E-state index contributed by atoms with van der Waals surface area (Å²) < 4.78 is 26.3. The maximum Gasteiger partial charge on any atom is 0.308 e. The molecule has 0 aromatic rings. The Morgan fingerprint density at radius 3 is 2.48 bits per heavy atom. The zero-order chi connectivity index (χ0) is 15.8. The summed E-state index contributed by atoms with van der Waals surface area (Å²) in [5.74, 6) is -0.545. The van der Waals surface area contributed by atoms with Crippen molar-refractivity contribution >= 4 is 24.4 Å². The molecule has 122 valence electrons. The first-order chi connectivity index (χ1) is 9.99. The molecule has 4 unspecified atom stereocenters. The molecule has 0 N–H and O–H groups in total. The number of hydrogen-bond acceptors (Lipinski definition) is 8. The van der Waals surface area contributed by atoms with Gasteiger partial charge in [-0.15, -0.1) is 12.6 Å². The third-order valence-corrected chi connectivity index (χ3v) is 3.47. The van der Waals surface area contributed by atoms with Crippen LogP contribution in [0, 0.1) is 0 Å². The van der Waals surface area contributed by atoms with Crippen molar-refractivity contribution in [1.82, 2.24) is 0 Å². The van der Waals surface area contributed by atoms with Crippen LogP contribution in [0.2, 0.25) is 0 Å². The van der Waals surface area contributed by atoms with Crippen LogP contribution < -0.4 is 0 Å². The molecule has 1 rings (SSSR count). The topological polar surface area (TPSA) is 80.3 Å². The van der Waals surface area contributed by atoms with E-state index in [-0.39, 0.29) is 37.6 Å². The van der Waals surface area contributed by atoms with E-state index < -0.39 is 17.5 Å². The molecule has 7 nitrogen and oxygen atoms in total. The van der Waals surface area contributed by atoms with Gasteiger partial charge in [0.1, 0.15) is 29.5 Å². The second kappa shape index (κ2) is 9.37. The Labute approximate surface area is 129 Å². The Kier molecular flexibility index (Phi) is 8.20. The molecule has 0 bridgehead atoms. The van der Waals surface area contributed by atoms with E-state index in [1.54, 1.807) is 7.11 Å². The summed E-state index contributed by atoms with van der Waals surface area (Å²) >= 11 is 4.28. The monoisotopic (exact) mass is 322 g/mol. The molecule has 1 fully saturated rings. The van der Waals surface area contributed by atoms with E-state index in [2.05, 4.69) is 12.6 Å². The van der Waals surface area contributed by atoms with E-state index in [0.717, 1.165) is 0 Å². The van der Waals surface area contributed by atoms with Crippen LogP contribution in [0.5, 0.6) is 0 Å². The maximum absolute atomic E-state index is 11.4. The highest BCUT2D eigenvalue weighted by atomic mass is 32.1. The van der Waals surface area contributed by atoms with Gasteiger partial charge in [0.05, 0.1) is 13.0 Å². The molecular formula is C13H22O7S. The third-order valence-electron chi connectivity index (χ3n) is 3.05. The average molecular weight is 322 g/mol. The van der Waals surface area contributed by atoms with Crippen LogP contribution in [-0.4, -0.2) is 63.1 Å². The number of ether oxygens (including phenoxy) is 5. The SMILES string of the molecule is COCC1OC(S)C(OCOC(=O)CCC(C)=O)C1OC. The lowest BCUT2D eigenvalue weighted by molar-refractivity contribution is -0.166. The minimum Gasteiger partial charge on any atom is -0.438 e. The Hall–Kier alpha value is -0.670. The molecule has 4 atom stereocenters. The largest absolute Gasteiger partial charge is 0.438 e. The fourth-order valence-electron chi connectivity index (χ4n) is 2.00. The molecule has 0 saturated carbocycles. The van der Waals surface area contributed by atoms with Crippen LogP contribution >= 0.6 is 12.6 Å². The standard InChI is InChI=1S/C13H22O7S/c1-8(14)4-5-10(15)18-7-19-12-11(17-3)9(6-16-2)20-13(12)21/h9,11-13,21H,4-7H2,1-3H3. The van der Waals surface area contributed by atoms with Gasteiger partial charge in [-0.25, -0.2) is 0 Å². The van der Waals surface area contributed by atoms with E-state index >= 15 is 0 Å². The van der Waals surface area contributed by atoms with Crippen molar-refractivity contribution in [2.75, 3.05) is 27.6 Å². The summed E-state index contributed by atoms with van der Waals surface area (Å²) in [6.07, 6.45) is -0.912. The summed E-state index contributed by atoms with van der Waals surface area (Å²) in [5, 5.41) is 0. The van der Waals surface area contributed by atoms with Crippen LogP contribution in [0.1, 0.15) is 19.8 Å². The number of thiol groups is 1. The Balaban J connectivity index is 2.36. The number of carbonyl (C=O) groups excluding carboxylic acids is 2. The molecule has 21 heavy (non-hydrogen) atoms. The molecule has 1 heterocycles. The number of carbonyl (C=O) groups is 2. The first kappa shape index (κ1) is 18.4.